The zero-order valence-corrected chi connectivity index (χ0v) is 28.9. The van der Waals surface area contributed by atoms with Crippen LogP contribution in [0.1, 0.15) is 60.7 Å². The second kappa shape index (κ2) is 13.9. The van der Waals surface area contributed by atoms with Crippen LogP contribution in [0, 0.1) is 24.2 Å². The zero-order valence-electron chi connectivity index (χ0n) is 28.1. The molecule has 1 atom stereocenters. The van der Waals surface area contributed by atoms with Crippen LogP contribution in [0.25, 0.3) is 21.1 Å². The Morgan fingerprint density at radius 2 is 1.82 bits per heavy atom. The third-order valence-electron chi connectivity index (χ3n) is 10.8. The molecule has 0 spiro atoms. The van der Waals surface area contributed by atoms with Gasteiger partial charge in [-0.1, -0.05) is 12.5 Å². The third-order valence-corrected chi connectivity index (χ3v) is 11.9. The van der Waals surface area contributed by atoms with Gasteiger partial charge in [0.2, 0.25) is 5.91 Å². The Morgan fingerprint density at radius 1 is 1.06 bits per heavy atom. The fraction of sp³-hybridized carbons (Fsp3) is 0.556. The van der Waals surface area contributed by atoms with Crippen LogP contribution < -0.4 is 5.32 Å². The number of amides is 1. The lowest BCUT2D eigenvalue weighted by Gasteiger charge is -2.40. The van der Waals surface area contributed by atoms with Crippen molar-refractivity contribution in [3.8, 4) is 6.07 Å². The summed E-state index contributed by atoms with van der Waals surface area (Å²) in [5.74, 6) is 1.18. The Kier molecular flexibility index (Phi) is 9.56. The molecule has 49 heavy (non-hydrogen) atoms. The highest BCUT2D eigenvalue weighted by Gasteiger charge is 2.33. The number of nitrogens with one attached hydrogen (secondary N) is 1. The SMILES string of the molecule is Cc1c(CN2CCC(Nc3ncnc4sc(CC(F)(F)F)cc34)CC2)ccc2c1cc(C#N)n2CC(C)N1CCN(C(=O)C2CCC2)CC1. The number of hydrogen-bond acceptors (Lipinski definition) is 8. The number of rotatable bonds is 9. The summed E-state index contributed by atoms with van der Waals surface area (Å²) in [5.41, 5.74) is 4.19. The first kappa shape index (κ1) is 33.8. The summed E-state index contributed by atoms with van der Waals surface area (Å²) in [7, 11) is 0. The Morgan fingerprint density at radius 3 is 2.49 bits per heavy atom. The maximum absolute atomic E-state index is 13.0. The quantitative estimate of drug-likeness (QED) is 0.219. The molecule has 260 valence electrons. The standard InChI is InChI=1S/C36H43F3N8OS/c1-23(45-12-14-46(15-13-45)35(48)25-4-3-5-25)20-47-28(19-40)16-30-24(2)26(6-7-32(30)47)21-44-10-8-27(9-11-44)43-33-31-17-29(18-36(37,38)39)49-34(31)42-22-41-33/h6-7,16-17,22-23,25,27H,3-5,8-15,18,20-21H2,1-2H3,(H,41,42,43). The zero-order chi connectivity index (χ0) is 34.3. The van der Waals surface area contributed by atoms with Crippen LogP contribution in [-0.4, -0.2) is 92.7 Å². The van der Waals surface area contributed by atoms with Gasteiger partial charge in [-0.05, 0) is 68.9 Å². The number of alkyl halides is 3. The van der Waals surface area contributed by atoms with Gasteiger partial charge in [-0.3, -0.25) is 14.6 Å². The number of anilines is 1. The maximum Gasteiger partial charge on any atom is 0.393 e. The van der Waals surface area contributed by atoms with Gasteiger partial charge in [0.15, 0.2) is 0 Å². The van der Waals surface area contributed by atoms with Crippen LogP contribution in [-0.2, 0) is 24.3 Å². The molecule has 1 saturated carbocycles. The third kappa shape index (κ3) is 7.28. The summed E-state index contributed by atoms with van der Waals surface area (Å²) < 4.78 is 41.0. The summed E-state index contributed by atoms with van der Waals surface area (Å²) in [6.07, 6.45) is 1.23. The molecule has 2 aliphatic heterocycles. The van der Waals surface area contributed by atoms with Crippen molar-refractivity contribution >= 4 is 44.2 Å². The molecule has 2 saturated heterocycles. The van der Waals surface area contributed by atoms with Gasteiger partial charge >= 0.3 is 6.18 Å². The number of fused-ring (bicyclic) bond motifs is 2. The van der Waals surface area contributed by atoms with E-state index in [2.05, 4.69) is 61.7 Å². The summed E-state index contributed by atoms with van der Waals surface area (Å²) in [4.78, 5) is 29.0. The minimum atomic E-state index is -4.26. The largest absolute Gasteiger partial charge is 0.393 e. The highest BCUT2D eigenvalue weighted by Crippen LogP contribution is 2.34. The maximum atomic E-state index is 13.0. The van der Waals surface area contributed by atoms with Crippen molar-refractivity contribution in [2.75, 3.05) is 44.6 Å². The first-order valence-corrected chi connectivity index (χ1v) is 18.2. The van der Waals surface area contributed by atoms with Gasteiger partial charge in [0.05, 0.1) is 11.8 Å². The van der Waals surface area contributed by atoms with Gasteiger partial charge in [-0.2, -0.15) is 18.4 Å². The van der Waals surface area contributed by atoms with E-state index in [1.165, 1.54) is 23.9 Å². The molecule has 4 aromatic rings. The van der Waals surface area contributed by atoms with E-state index in [0.717, 1.165) is 100 Å². The molecule has 7 rings (SSSR count). The Bertz CT molecular complexity index is 1860. The van der Waals surface area contributed by atoms with Crippen molar-refractivity contribution in [2.24, 2.45) is 5.92 Å². The number of likely N-dealkylation sites (tertiary alicyclic amines) is 1. The number of piperidine rings is 1. The van der Waals surface area contributed by atoms with Crippen molar-refractivity contribution in [3.05, 3.63) is 52.3 Å². The lowest BCUT2D eigenvalue weighted by atomic mass is 9.84. The van der Waals surface area contributed by atoms with Crippen molar-refractivity contribution < 1.29 is 18.0 Å². The molecule has 9 nitrogen and oxygen atoms in total. The minimum Gasteiger partial charge on any atom is -0.367 e. The molecule has 5 heterocycles. The van der Waals surface area contributed by atoms with E-state index in [0.29, 0.717) is 27.6 Å². The lowest BCUT2D eigenvalue weighted by Crippen LogP contribution is -2.53. The number of aryl methyl sites for hydroxylation is 1. The van der Waals surface area contributed by atoms with Crippen LogP contribution in [0.4, 0.5) is 19.0 Å². The Labute approximate surface area is 288 Å². The normalized spacial score (nSPS) is 19.3. The number of carbonyl (C=O) groups excluding carboxylic acids is 1. The minimum absolute atomic E-state index is 0.171. The number of benzene rings is 1. The molecule has 0 bridgehead atoms. The molecule has 1 aliphatic carbocycles. The monoisotopic (exact) mass is 692 g/mol. The van der Waals surface area contributed by atoms with Crippen LogP contribution >= 0.6 is 11.3 Å². The highest BCUT2D eigenvalue weighted by atomic mass is 32.1. The summed E-state index contributed by atoms with van der Waals surface area (Å²) >= 11 is 1.07. The van der Waals surface area contributed by atoms with Crippen molar-refractivity contribution in [1.29, 1.82) is 5.26 Å². The van der Waals surface area contributed by atoms with Gasteiger partial charge in [-0.25, -0.2) is 9.97 Å². The molecule has 1 N–H and O–H groups in total. The first-order valence-electron chi connectivity index (χ1n) is 17.4. The second-order valence-electron chi connectivity index (χ2n) is 14.0. The molecular formula is C36H43F3N8OS. The number of aromatic nitrogens is 3. The average molecular weight is 693 g/mol. The summed E-state index contributed by atoms with van der Waals surface area (Å²) in [5, 5.41) is 15.3. The van der Waals surface area contributed by atoms with Gasteiger partial charge in [0, 0.05) is 86.1 Å². The Balaban J connectivity index is 0.961. The lowest BCUT2D eigenvalue weighted by molar-refractivity contribution is -0.140. The molecule has 0 radical (unpaired) electrons. The molecular weight excluding hydrogens is 650 g/mol. The number of piperazine rings is 1. The summed E-state index contributed by atoms with van der Waals surface area (Å²) in [6, 6.07) is 10.8. The molecule has 3 fully saturated rings. The number of nitriles is 1. The van der Waals surface area contributed by atoms with Gasteiger partial charge in [0.25, 0.3) is 0 Å². The number of halogens is 3. The smallest absolute Gasteiger partial charge is 0.367 e. The van der Waals surface area contributed by atoms with E-state index < -0.39 is 12.6 Å². The van der Waals surface area contributed by atoms with Crippen LogP contribution in [0.5, 0.6) is 0 Å². The van der Waals surface area contributed by atoms with Crippen molar-refractivity contribution in [1.82, 2.24) is 29.2 Å². The van der Waals surface area contributed by atoms with Gasteiger partial charge < -0.3 is 14.8 Å². The van der Waals surface area contributed by atoms with Crippen LogP contribution in [0.15, 0.2) is 30.6 Å². The fourth-order valence-corrected chi connectivity index (χ4v) is 8.66. The second-order valence-corrected chi connectivity index (χ2v) is 15.1. The number of thiophene rings is 1. The van der Waals surface area contributed by atoms with E-state index in [9.17, 15) is 23.2 Å². The predicted molar refractivity (Wildman–Crippen MR) is 185 cm³/mol. The number of nitrogens with zero attached hydrogens (tertiary/aromatic N) is 7. The predicted octanol–water partition coefficient (Wildman–Crippen LogP) is 6.34. The molecule has 3 aliphatic rings. The number of hydrogen-bond donors (Lipinski definition) is 1. The van der Waals surface area contributed by atoms with E-state index in [-0.39, 0.29) is 22.9 Å². The molecule has 3 aromatic heterocycles. The Hall–Kier alpha value is -3.73. The van der Waals surface area contributed by atoms with Gasteiger partial charge in [0.1, 0.15) is 28.7 Å². The van der Waals surface area contributed by atoms with E-state index in [4.69, 9.17) is 0 Å². The van der Waals surface area contributed by atoms with E-state index in [1.807, 2.05) is 11.0 Å². The van der Waals surface area contributed by atoms with E-state index in [1.54, 1.807) is 6.07 Å². The van der Waals surface area contributed by atoms with Crippen LogP contribution in [0.2, 0.25) is 0 Å². The topological polar surface area (TPSA) is 93.3 Å². The average Bonchev–Trinajstić information content (AvgIpc) is 3.63. The molecule has 13 heteroatoms. The van der Waals surface area contributed by atoms with E-state index >= 15 is 0 Å². The molecule has 1 amide bonds. The number of carbonyl (C=O) groups is 1. The molecule has 1 aromatic carbocycles. The highest BCUT2D eigenvalue weighted by molar-refractivity contribution is 7.18. The fourth-order valence-electron chi connectivity index (χ4n) is 7.63. The first-order chi connectivity index (χ1) is 23.6. The van der Waals surface area contributed by atoms with Crippen LogP contribution in [0.3, 0.4) is 0 Å². The van der Waals surface area contributed by atoms with Crippen molar-refractivity contribution in [3.63, 3.8) is 0 Å². The van der Waals surface area contributed by atoms with Gasteiger partial charge in [-0.15, -0.1) is 11.3 Å². The summed E-state index contributed by atoms with van der Waals surface area (Å²) in [6.45, 7) is 10.9. The van der Waals surface area contributed by atoms with Crippen molar-refractivity contribution in [2.45, 2.75) is 83.7 Å². The molecule has 1 unspecified atom stereocenters.